The van der Waals surface area contributed by atoms with Gasteiger partial charge in [0.2, 0.25) is 0 Å². The van der Waals surface area contributed by atoms with Gasteiger partial charge in [0.05, 0.1) is 72.2 Å². The van der Waals surface area contributed by atoms with Crippen LogP contribution in [0.4, 0.5) is 0 Å². The second kappa shape index (κ2) is 17.9. The van der Waals surface area contributed by atoms with Crippen LogP contribution in [-0.2, 0) is 5.41 Å². The van der Waals surface area contributed by atoms with Crippen LogP contribution in [0.15, 0.2) is 261 Å². The maximum atomic E-state index is 10.2. The number of para-hydroxylation sites is 6. The average molecular weight is 1070 g/mol. The van der Waals surface area contributed by atoms with Gasteiger partial charge in [-0.05, 0) is 135 Å². The first-order chi connectivity index (χ1) is 44.1. The van der Waals surface area contributed by atoms with Gasteiger partial charge in [0, 0.05) is 50.3 Å². The topological polar surface area (TPSA) is 45.7 Å². The summed E-state index contributed by atoms with van der Waals surface area (Å²) in [7, 11) is 0. The van der Waals surface area contributed by atoms with Crippen molar-refractivity contribution in [2.24, 2.45) is 0 Å². The number of aromatic nitrogens is 6. The summed E-state index contributed by atoms with van der Waals surface area (Å²) >= 11 is 0. The molecule has 7 heteroatoms. The van der Waals surface area contributed by atoms with Crippen LogP contribution in [0.1, 0.15) is 37.3 Å². The van der Waals surface area contributed by atoms with Crippen molar-refractivity contribution in [3.05, 3.63) is 273 Å². The van der Waals surface area contributed by atoms with E-state index in [0.717, 1.165) is 76.8 Å². The lowest BCUT2D eigenvalue weighted by Gasteiger charge is -2.20. The van der Waals surface area contributed by atoms with Gasteiger partial charge in [-0.3, -0.25) is 13.7 Å². The van der Waals surface area contributed by atoms with Crippen LogP contribution in [0.3, 0.4) is 0 Å². The molecule has 7 nitrogen and oxygen atoms in total. The van der Waals surface area contributed by atoms with Crippen molar-refractivity contribution >= 4 is 76.5 Å². The number of ether oxygens (including phenoxy) is 1. The standard InChI is InChI=1S/C76H52N6O/c1-76(2,3)48-40-41-77-73(42-48)82-69-36-17-12-30-61(69)62-39-38-52(46-71(62)82)83-51-21-18-20-49(43-51)78-47-79-74-63(31-19-37-70(74)81-67-34-15-10-28-59(67)60-29-11-16-35-68(60)81)55-24-6-4-22-53(55)54-23-5-7-25-56(54)64-44-50(45-72(78)75(64)79)80-65-32-13-8-26-57(65)58-27-9-14-33-66(58)80/h4-46H,1-3H3/i4D,5D,6D,7D,22D,23D,24D,25D. The van der Waals surface area contributed by atoms with Gasteiger partial charge in [-0.25, -0.2) is 4.98 Å². The summed E-state index contributed by atoms with van der Waals surface area (Å²) in [5.74, 6) is 1.91. The van der Waals surface area contributed by atoms with Crippen LogP contribution in [0.2, 0.25) is 0 Å². The van der Waals surface area contributed by atoms with E-state index >= 15 is 0 Å². The summed E-state index contributed by atoms with van der Waals surface area (Å²) in [4.78, 5) is 4.92. The molecule has 5 aromatic heterocycles. The maximum absolute atomic E-state index is 10.2. The van der Waals surface area contributed by atoms with Gasteiger partial charge in [0.1, 0.15) is 17.3 Å². The molecule has 0 N–H and O–H groups in total. The van der Waals surface area contributed by atoms with E-state index in [4.69, 9.17) is 9.72 Å². The van der Waals surface area contributed by atoms with Gasteiger partial charge in [0.25, 0.3) is 6.33 Å². The Labute approximate surface area is 490 Å². The quantitative estimate of drug-likeness (QED) is 0.123. The first kappa shape index (κ1) is 39.6. The Bertz CT molecular complexity index is 5760. The molecular formula is C76H52N6O. The first-order valence-electron chi connectivity index (χ1n) is 31.8. The van der Waals surface area contributed by atoms with E-state index in [-0.39, 0.29) is 39.8 Å². The number of pyridine rings is 1. The van der Waals surface area contributed by atoms with Crippen molar-refractivity contribution in [1.82, 2.24) is 23.3 Å². The fraction of sp³-hybridized carbons (Fsp3) is 0.0526. The highest BCUT2D eigenvalue weighted by atomic mass is 16.5. The van der Waals surface area contributed by atoms with E-state index in [1.807, 2.05) is 125 Å². The minimum atomic E-state index is -0.545. The number of imidazole rings is 1. The largest absolute Gasteiger partial charge is 0.458 e. The van der Waals surface area contributed by atoms with Gasteiger partial charge < -0.3 is 13.9 Å². The highest BCUT2D eigenvalue weighted by molar-refractivity contribution is 6.12. The lowest BCUT2D eigenvalue weighted by Crippen LogP contribution is -2.32. The van der Waals surface area contributed by atoms with Gasteiger partial charge in [0.15, 0.2) is 0 Å². The van der Waals surface area contributed by atoms with Crippen molar-refractivity contribution in [2.45, 2.75) is 26.2 Å². The molecule has 0 aliphatic carbocycles. The van der Waals surface area contributed by atoms with Crippen LogP contribution in [0.25, 0.3) is 138 Å². The molecule has 0 amide bonds. The molecule has 1 aliphatic rings. The molecule has 0 spiro atoms. The molecule has 0 bridgehead atoms. The second-order valence-electron chi connectivity index (χ2n) is 22.3. The third-order valence-electron chi connectivity index (χ3n) is 16.6. The predicted molar refractivity (Wildman–Crippen MR) is 340 cm³/mol. The SMILES string of the molecule is [2H]c1c([2H])c([2H])c2c(c1[2H])-c1cccc(-n3c4ccccc4c4ccccc43)c1-[n+]1[c-]n(-c3cccc(Oc4ccc5c6ccccc6n(-c6cc(C(C)(C)C)ccn6)c5c4)c3)c3cc(-n4c5ccccc5c5ccccc54)cc(c31)-c1c([2H])c([2H])c([2H])c([2H])c1-2. The van der Waals surface area contributed by atoms with Crippen LogP contribution in [-0.4, -0.2) is 23.3 Å². The van der Waals surface area contributed by atoms with Crippen LogP contribution < -0.4 is 9.30 Å². The zero-order valence-electron chi connectivity index (χ0n) is 53.3. The Morgan fingerprint density at radius 2 is 0.940 bits per heavy atom. The lowest BCUT2D eigenvalue weighted by molar-refractivity contribution is -0.571. The molecule has 0 atom stereocenters. The third-order valence-corrected chi connectivity index (χ3v) is 16.6. The monoisotopic (exact) mass is 1070 g/mol. The molecular weight excluding hydrogens is 1010 g/mol. The maximum Gasteiger partial charge on any atom is 0.269 e. The number of benzene rings is 11. The van der Waals surface area contributed by atoms with Crippen molar-refractivity contribution in [3.8, 4) is 73.4 Å². The molecule has 0 radical (unpaired) electrons. The fourth-order valence-electron chi connectivity index (χ4n) is 12.9. The fourth-order valence-corrected chi connectivity index (χ4v) is 12.9. The van der Waals surface area contributed by atoms with Gasteiger partial charge >= 0.3 is 0 Å². The first-order valence-corrected chi connectivity index (χ1v) is 27.8. The molecule has 0 fully saturated rings. The summed E-state index contributed by atoms with van der Waals surface area (Å²) < 4.78 is 95.0. The summed E-state index contributed by atoms with van der Waals surface area (Å²) in [5, 5.41) is 6.13. The summed E-state index contributed by atoms with van der Waals surface area (Å²) in [6.07, 6.45) is 5.73. The van der Waals surface area contributed by atoms with E-state index in [2.05, 4.69) is 138 Å². The van der Waals surface area contributed by atoms with Crippen LogP contribution in [0, 0.1) is 6.33 Å². The predicted octanol–water partition coefficient (Wildman–Crippen LogP) is 18.8. The van der Waals surface area contributed by atoms with E-state index in [1.165, 1.54) is 0 Å². The van der Waals surface area contributed by atoms with E-state index in [1.54, 1.807) is 0 Å². The van der Waals surface area contributed by atoms with Crippen molar-refractivity contribution < 1.29 is 20.3 Å². The zero-order chi connectivity index (χ0) is 62.0. The smallest absolute Gasteiger partial charge is 0.269 e. The molecule has 0 saturated heterocycles. The lowest BCUT2D eigenvalue weighted by atomic mass is 9.88. The van der Waals surface area contributed by atoms with Crippen molar-refractivity contribution in [1.29, 1.82) is 0 Å². The van der Waals surface area contributed by atoms with Crippen molar-refractivity contribution in [3.63, 3.8) is 0 Å². The van der Waals surface area contributed by atoms with Crippen molar-refractivity contribution in [2.75, 3.05) is 0 Å². The molecule has 0 unspecified atom stereocenters. The molecule has 1 aliphatic heterocycles. The summed E-state index contributed by atoms with van der Waals surface area (Å²) in [6, 6.07) is 65.2. The second-order valence-corrected chi connectivity index (χ2v) is 22.3. The summed E-state index contributed by atoms with van der Waals surface area (Å²) in [5.41, 5.74) is 10.8. The number of fused-ring (bicyclic) bond motifs is 16. The number of rotatable bonds is 6. The van der Waals surface area contributed by atoms with Crippen LogP contribution in [0.5, 0.6) is 11.5 Å². The highest BCUT2D eigenvalue weighted by Gasteiger charge is 2.29. The summed E-state index contributed by atoms with van der Waals surface area (Å²) in [6.45, 7) is 6.60. The molecule has 17 rings (SSSR count). The number of hydrogen-bond donors (Lipinski definition) is 0. The Kier molecular flexibility index (Phi) is 8.52. The highest BCUT2D eigenvalue weighted by Crippen LogP contribution is 2.47. The average Bonchev–Trinajstić information content (AvgIpc) is 1.64. The minimum absolute atomic E-state index is 0.0548. The van der Waals surface area contributed by atoms with Gasteiger partial charge in [-0.2, -0.15) is 0 Å². The Morgan fingerprint density at radius 3 is 1.54 bits per heavy atom. The zero-order valence-corrected chi connectivity index (χ0v) is 45.3. The minimum Gasteiger partial charge on any atom is -0.458 e. The molecule has 16 aromatic rings. The number of nitrogens with zero attached hydrogens (tertiary/aromatic N) is 6. The molecule has 83 heavy (non-hydrogen) atoms. The Hall–Kier alpha value is -10.8. The Balaban J connectivity index is 0.995. The molecule has 11 aromatic carbocycles. The normalized spacial score (nSPS) is 13.6. The third kappa shape index (κ3) is 7.11. The Morgan fingerprint density at radius 1 is 0.422 bits per heavy atom. The molecule has 6 heterocycles. The van der Waals surface area contributed by atoms with E-state index < -0.39 is 36.3 Å². The van der Waals surface area contributed by atoms with Gasteiger partial charge in [-0.15, -0.1) is 0 Å². The van der Waals surface area contributed by atoms with E-state index in [0.29, 0.717) is 56.4 Å². The van der Waals surface area contributed by atoms with Gasteiger partial charge in [-0.1, -0.05) is 178 Å². The van der Waals surface area contributed by atoms with E-state index in [9.17, 15) is 11.0 Å². The molecule has 392 valence electrons. The number of hydrogen-bond acceptors (Lipinski definition) is 2. The van der Waals surface area contributed by atoms with Crippen LogP contribution >= 0.6 is 0 Å². The molecule has 0 saturated carbocycles.